The molecule has 1 aromatic heterocycles. The van der Waals surface area contributed by atoms with Crippen LogP contribution in [-0.2, 0) is 21.2 Å². The van der Waals surface area contributed by atoms with Gasteiger partial charge in [-0.05, 0) is 56.0 Å². The minimum Gasteiger partial charge on any atom is -0.489 e. The third kappa shape index (κ3) is 5.96. The van der Waals surface area contributed by atoms with E-state index < -0.39 is 10.0 Å². The highest BCUT2D eigenvalue weighted by Crippen LogP contribution is 2.38. The van der Waals surface area contributed by atoms with Crippen LogP contribution in [0.2, 0.25) is 0 Å². The number of nitrogens with two attached hydrogens (primary N) is 1. The number of hydrogen-bond donors (Lipinski definition) is 2. The number of nitrogen functional groups attached to an aromatic ring is 1. The SMILES string of the molecule is CC(C)Oc1ccc(-c2nc(-c3cccc4c3CC[C@@H]4NS(=O)(=O)CCN3CCOCC3)no2)cc1N. The molecule has 5 rings (SSSR count). The Morgan fingerprint density at radius 3 is 2.78 bits per heavy atom. The molecule has 1 saturated heterocycles. The minimum atomic E-state index is -3.44. The number of rotatable bonds is 9. The number of nitrogens with zero attached hydrogens (tertiary/aromatic N) is 3. The lowest BCUT2D eigenvalue weighted by Gasteiger charge is -2.26. The van der Waals surface area contributed by atoms with E-state index in [4.69, 9.17) is 19.7 Å². The molecule has 1 fully saturated rings. The third-order valence-electron chi connectivity index (χ3n) is 6.66. The van der Waals surface area contributed by atoms with Gasteiger partial charge in [0.25, 0.3) is 5.89 Å². The van der Waals surface area contributed by atoms with Crippen molar-refractivity contribution in [3.8, 4) is 28.6 Å². The molecule has 10 nitrogen and oxygen atoms in total. The Bertz CT molecular complexity index is 1350. The van der Waals surface area contributed by atoms with E-state index in [0.29, 0.717) is 54.9 Å². The van der Waals surface area contributed by atoms with Gasteiger partial charge >= 0.3 is 0 Å². The topological polar surface area (TPSA) is 133 Å². The van der Waals surface area contributed by atoms with Crippen molar-refractivity contribution < 1.29 is 22.4 Å². The summed E-state index contributed by atoms with van der Waals surface area (Å²) < 4.78 is 45.2. The van der Waals surface area contributed by atoms with Gasteiger partial charge in [-0.1, -0.05) is 23.4 Å². The minimum absolute atomic E-state index is 0.0152. The van der Waals surface area contributed by atoms with Crippen molar-refractivity contribution in [3.63, 3.8) is 0 Å². The number of fused-ring (bicyclic) bond motifs is 1. The molecule has 0 bridgehead atoms. The van der Waals surface area contributed by atoms with Crippen LogP contribution < -0.4 is 15.2 Å². The van der Waals surface area contributed by atoms with Gasteiger partial charge in [0.05, 0.1) is 30.8 Å². The standard InChI is InChI=1S/C26H33N5O5S/c1-17(2)35-24-9-6-18(16-22(24)27)26-28-25(29-36-26)21-5-3-4-20-19(21)7-8-23(20)30-37(32,33)15-12-31-10-13-34-14-11-31/h3-6,9,16-17,23,30H,7-8,10-15,27H2,1-2H3/t23-/m0/s1. The average Bonchev–Trinajstić information content (AvgIpc) is 3.52. The molecule has 0 saturated carbocycles. The first kappa shape index (κ1) is 25.7. The van der Waals surface area contributed by atoms with Crippen molar-refractivity contribution in [1.29, 1.82) is 0 Å². The Labute approximate surface area is 217 Å². The summed E-state index contributed by atoms with van der Waals surface area (Å²) >= 11 is 0. The summed E-state index contributed by atoms with van der Waals surface area (Å²) in [6.45, 7) is 7.21. The van der Waals surface area contributed by atoms with E-state index >= 15 is 0 Å². The number of sulfonamides is 1. The number of ether oxygens (including phenoxy) is 2. The van der Waals surface area contributed by atoms with Gasteiger partial charge in [0, 0.05) is 36.8 Å². The second kappa shape index (κ2) is 10.8. The fourth-order valence-electron chi connectivity index (χ4n) is 4.83. The zero-order chi connectivity index (χ0) is 26.0. The van der Waals surface area contributed by atoms with Gasteiger partial charge in [0.2, 0.25) is 15.8 Å². The number of anilines is 1. The van der Waals surface area contributed by atoms with Crippen molar-refractivity contribution in [2.24, 2.45) is 0 Å². The van der Waals surface area contributed by atoms with Gasteiger partial charge in [0.1, 0.15) is 5.75 Å². The molecule has 198 valence electrons. The predicted molar refractivity (Wildman–Crippen MR) is 141 cm³/mol. The molecular formula is C26H33N5O5S. The van der Waals surface area contributed by atoms with Crippen LogP contribution in [0, 0.1) is 0 Å². The molecule has 2 heterocycles. The first-order valence-corrected chi connectivity index (χ1v) is 14.3. The Morgan fingerprint density at radius 2 is 2.03 bits per heavy atom. The van der Waals surface area contributed by atoms with Crippen LogP contribution in [0.3, 0.4) is 0 Å². The maximum atomic E-state index is 12.8. The molecule has 2 aromatic carbocycles. The van der Waals surface area contributed by atoms with Gasteiger partial charge in [0.15, 0.2) is 0 Å². The fraction of sp³-hybridized carbons (Fsp3) is 0.462. The van der Waals surface area contributed by atoms with Crippen LogP contribution in [0.4, 0.5) is 5.69 Å². The second-order valence-corrected chi connectivity index (χ2v) is 11.6. The zero-order valence-electron chi connectivity index (χ0n) is 21.1. The highest BCUT2D eigenvalue weighted by Gasteiger charge is 2.30. The first-order valence-electron chi connectivity index (χ1n) is 12.6. The van der Waals surface area contributed by atoms with E-state index in [2.05, 4.69) is 19.8 Å². The van der Waals surface area contributed by atoms with E-state index in [9.17, 15) is 8.42 Å². The van der Waals surface area contributed by atoms with Crippen molar-refractivity contribution >= 4 is 15.7 Å². The maximum Gasteiger partial charge on any atom is 0.258 e. The Balaban J connectivity index is 1.30. The molecule has 37 heavy (non-hydrogen) atoms. The molecule has 1 aliphatic carbocycles. The molecule has 1 atom stereocenters. The Morgan fingerprint density at radius 1 is 1.22 bits per heavy atom. The second-order valence-electron chi connectivity index (χ2n) is 9.70. The van der Waals surface area contributed by atoms with E-state index in [1.54, 1.807) is 12.1 Å². The highest BCUT2D eigenvalue weighted by atomic mass is 32.2. The van der Waals surface area contributed by atoms with E-state index in [-0.39, 0.29) is 17.9 Å². The smallest absolute Gasteiger partial charge is 0.258 e. The summed E-state index contributed by atoms with van der Waals surface area (Å²) in [5.74, 6) is 1.49. The molecule has 3 aromatic rings. The monoisotopic (exact) mass is 527 g/mol. The molecule has 11 heteroatoms. The van der Waals surface area contributed by atoms with Crippen LogP contribution >= 0.6 is 0 Å². The van der Waals surface area contributed by atoms with Gasteiger partial charge in [-0.25, -0.2) is 13.1 Å². The predicted octanol–water partition coefficient (Wildman–Crippen LogP) is 3.01. The molecule has 2 aliphatic rings. The number of nitrogens with one attached hydrogen (secondary N) is 1. The molecule has 0 unspecified atom stereocenters. The summed E-state index contributed by atoms with van der Waals surface area (Å²) in [7, 11) is -3.44. The quantitative estimate of drug-likeness (QED) is 0.403. The molecule has 0 radical (unpaired) electrons. The van der Waals surface area contributed by atoms with Crippen LogP contribution in [0.5, 0.6) is 5.75 Å². The summed E-state index contributed by atoms with van der Waals surface area (Å²) in [5.41, 5.74) is 10.2. The lowest BCUT2D eigenvalue weighted by Crippen LogP contribution is -2.41. The van der Waals surface area contributed by atoms with Crippen LogP contribution in [0.15, 0.2) is 40.9 Å². The van der Waals surface area contributed by atoms with E-state index in [1.807, 2.05) is 38.1 Å². The summed E-state index contributed by atoms with van der Waals surface area (Å²) in [6, 6.07) is 10.9. The van der Waals surface area contributed by atoms with Crippen LogP contribution in [-0.4, -0.2) is 68.2 Å². The molecular weight excluding hydrogens is 494 g/mol. The van der Waals surface area contributed by atoms with Crippen molar-refractivity contribution in [3.05, 3.63) is 47.5 Å². The molecule has 0 amide bonds. The largest absolute Gasteiger partial charge is 0.489 e. The molecule has 0 spiro atoms. The number of hydrogen-bond acceptors (Lipinski definition) is 9. The van der Waals surface area contributed by atoms with Crippen molar-refractivity contribution in [1.82, 2.24) is 19.8 Å². The van der Waals surface area contributed by atoms with Crippen molar-refractivity contribution in [2.45, 2.75) is 38.8 Å². The van der Waals surface area contributed by atoms with Gasteiger partial charge in [-0.15, -0.1) is 0 Å². The summed E-state index contributed by atoms with van der Waals surface area (Å²) in [5, 5.41) is 4.21. The molecule has 1 aliphatic heterocycles. The number of morpholine rings is 1. The van der Waals surface area contributed by atoms with Crippen LogP contribution in [0.1, 0.15) is 37.4 Å². The van der Waals surface area contributed by atoms with E-state index in [0.717, 1.165) is 36.2 Å². The Kier molecular flexibility index (Phi) is 7.47. The summed E-state index contributed by atoms with van der Waals surface area (Å²) in [4.78, 5) is 6.73. The zero-order valence-corrected chi connectivity index (χ0v) is 22.0. The van der Waals surface area contributed by atoms with Gasteiger partial charge in [-0.3, -0.25) is 4.90 Å². The number of benzene rings is 2. The lowest BCUT2D eigenvalue weighted by atomic mass is 10.0. The van der Waals surface area contributed by atoms with Crippen molar-refractivity contribution in [2.75, 3.05) is 44.3 Å². The van der Waals surface area contributed by atoms with Crippen LogP contribution in [0.25, 0.3) is 22.8 Å². The maximum absolute atomic E-state index is 12.8. The fourth-order valence-corrected chi connectivity index (χ4v) is 6.12. The van der Waals surface area contributed by atoms with Gasteiger partial charge in [-0.2, -0.15) is 4.98 Å². The normalized spacial score (nSPS) is 18.3. The Hall–Kier alpha value is -2.99. The number of aromatic nitrogens is 2. The average molecular weight is 528 g/mol. The first-order chi connectivity index (χ1) is 17.8. The van der Waals surface area contributed by atoms with E-state index in [1.165, 1.54) is 0 Å². The molecule has 3 N–H and O–H groups in total. The van der Waals surface area contributed by atoms with Gasteiger partial charge < -0.3 is 19.7 Å². The summed E-state index contributed by atoms with van der Waals surface area (Å²) in [6.07, 6.45) is 1.42. The third-order valence-corrected chi connectivity index (χ3v) is 8.02. The highest BCUT2D eigenvalue weighted by molar-refractivity contribution is 7.89. The lowest BCUT2D eigenvalue weighted by molar-refractivity contribution is 0.0408.